The van der Waals surface area contributed by atoms with Crippen LogP contribution in [-0.4, -0.2) is 52.3 Å². The molecule has 0 unspecified atom stereocenters. The molecular weight excluding hydrogens is 430 g/mol. The van der Waals surface area contributed by atoms with Crippen molar-refractivity contribution in [3.8, 4) is 0 Å². The lowest BCUT2D eigenvalue weighted by molar-refractivity contribution is -0.121. The molecule has 170 valence electrons. The number of anilines is 2. The van der Waals surface area contributed by atoms with Crippen LogP contribution in [0.2, 0.25) is 5.02 Å². The number of aromatic nitrogens is 1. The number of carbonyl (C=O) groups is 2. The van der Waals surface area contributed by atoms with Gasteiger partial charge in [0.15, 0.2) is 0 Å². The van der Waals surface area contributed by atoms with Gasteiger partial charge in [0, 0.05) is 30.8 Å². The molecule has 1 fully saturated rings. The quantitative estimate of drug-likeness (QED) is 0.330. The van der Waals surface area contributed by atoms with Crippen LogP contribution in [0.4, 0.5) is 11.5 Å². The number of rotatable bonds is 7. The van der Waals surface area contributed by atoms with E-state index in [1.54, 1.807) is 30.3 Å². The Balaban J connectivity index is 1.77. The van der Waals surface area contributed by atoms with Crippen LogP contribution >= 0.6 is 11.6 Å². The van der Waals surface area contributed by atoms with Crippen LogP contribution in [0.1, 0.15) is 42.6 Å². The maximum atomic E-state index is 13.0. The summed E-state index contributed by atoms with van der Waals surface area (Å²) in [5.41, 5.74) is 1.50. The average Bonchev–Trinajstić information content (AvgIpc) is 2.79. The van der Waals surface area contributed by atoms with Crippen molar-refractivity contribution in [2.24, 2.45) is 11.1 Å². The monoisotopic (exact) mass is 457 g/mol. The third kappa shape index (κ3) is 6.27. The highest BCUT2D eigenvalue weighted by molar-refractivity contribution is 6.30. The Morgan fingerprint density at radius 2 is 2.00 bits per heavy atom. The van der Waals surface area contributed by atoms with Crippen LogP contribution in [0.3, 0.4) is 0 Å². The van der Waals surface area contributed by atoms with Crippen molar-refractivity contribution in [1.29, 1.82) is 0 Å². The zero-order valence-corrected chi connectivity index (χ0v) is 19.0. The van der Waals surface area contributed by atoms with Gasteiger partial charge in [0.2, 0.25) is 5.91 Å². The molecule has 2 heterocycles. The zero-order valence-electron chi connectivity index (χ0n) is 18.2. The fourth-order valence-corrected chi connectivity index (χ4v) is 3.82. The highest BCUT2D eigenvalue weighted by Gasteiger charge is 2.27. The highest BCUT2D eigenvalue weighted by atomic mass is 35.5. The number of nitrogens with zero attached hydrogens (tertiary/aromatic N) is 3. The number of halogens is 1. The average molecular weight is 458 g/mol. The number of hydrogen-bond acceptors (Lipinski definition) is 6. The second kappa shape index (κ2) is 11.1. The topological polar surface area (TPSA) is 107 Å². The first-order valence-corrected chi connectivity index (χ1v) is 11.0. The predicted molar refractivity (Wildman–Crippen MR) is 126 cm³/mol. The first kappa shape index (κ1) is 23.7. The molecule has 2 aromatic rings. The number of hydrogen-bond donors (Lipinski definition) is 3. The molecular formula is C23H28ClN5O3. The molecule has 1 saturated heterocycles. The Hall–Kier alpha value is -2.97. The van der Waals surface area contributed by atoms with E-state index in [1.807, 2.05) is 0 Å². The molecule has 2 amide bonds. The lowest BCUT2D eigenvalue weighted by atomic mass is 9.94. The van der Waals surface area contributed by atoms with Gasteiger partial charge in [-0.15, -0.1) is 5.16 Å². The number of pyridine rings is 1. The number of benzene rings is 1. The van der Waals surface area contributed by atoms with Crippen LogP contribution in [0.25, 0.3) is 0 Å². The van der Waals surface area contributed by atoms with Crippen LogP contribution in [0.5, 0.6) is 0 Å². The molecule has 3 rings (SSSR count). The maximum Gasteiger partial charge on any atom is 0.258 e. The predicted octanol–water partition coefficient (Wildman–Crippen LogP) is 4.05. The third-order valence-corrected chi connectivity index (χ3v) is 5.82. The van der Waals surface area contributed by atoms with E-state index in [9.17, 15) is 9.59 Å². The summed E-state index contributed by atoms with van der Waals surface area (Å²) in [6.45, 7) is 6.07. The first-order chi connectivity index (χ1) is 15.4. The minimum atomic E-state index is -0.410. The van der Waals surface area contributed by atoms with E-state index in [-0.39, 0.29) is 11.8 Å². The van der Waals surface area contributed by atoms with Gasteiger partial charge in [0.25, 0.3) is 5.91 Å². The minimum absolute atomic E-state index is 0.0863. The summed E-state index contributed by atoms with van der Waals surface area (Å²) in [7, 11) is 0. The number of carbonyl (C=O) groups excluding carboxylic acids is 2. The highest BCUT2D eigenvalue weighted by Crippen LogP contribution is 2.24. The number of amides is 2. The van der Waals surface area contributed by atoms with Gasteiger partial charge in [0.05, 0.1) is 16.3 Å². The van der Waals surface area contributed by atoms with Gasteiger partial charge in [-0.25, -0.2) is 4.98 Å². The largest absolute Gasteiger partial charge is 0.411 e. The minimum Gasteiger partial charge on any atom is -0.411 e. The van der Waals surface area contributed by atoms with E-state index >= 15 is 0 Å². The summed E-state index contributed by atoms with van der Waals surface area (Å²) in [5.74, 6) is -0.246. The van der Waals surface area contributed by atoms with Crippen LogP contribution in [0.15, 0.2) is 41.7 Å². The number of nitrogens with one attached hydrogen (secondary N) is 2. The smallest absolute Gasteiger partial charge is 0.258 e. The molecule has 9 heteroatoms. The summed E-state index contributed by atoms with van der Waals surface area (Å²) in [6.07, 6.45) is 4.68. The molecule has 1 aromatic carbocycles. The number of piperidine rings is 1. The Bertz CT molecular complexity index is 970. The summed E-state index contributed by atoms with van der Waals surface area (Å²) in [4.78, 5) is 32.4. The third-order valence-electron chi connectivity index (χ3n) is 5.59. The SMILES string of the molecule is CC(C)N1CCC(C(=O)Nc2ccc(C/C=N/O)cc2C(=O)Nc2ccc(Cl)cn2)CC1. The number of oxime groups is 1. The fourth-order valence-electron chi connectivity index (χ4n) is 3.71. The molecule has 8 nitrogen and oxygen atoms in total. The van der Waals surface area contributed by atoms with E-state index < -0.39 is 5.91 Å². The molecule has 32 heavy (non-hydrogen) atoms. The van der Waals surface area contributed by atoms with Gasteiger partial charge in [-0.1, -0.05) is 17.7 Å². The molecule has 0 aliphatic carbocycles. The standard InChI is InChI=1S/C23H28ClN5O3/c1-15(2)29-11-8-17(9-12-29)22(30)27-20-5-3-16(7-10-26-32)13-19(20)23(31)28-21-6-4-18(24)14-25-21/h3-6,10,13-15,17,32H,7-9,11-12H2,1-2H3,(H,27,30)(H,25,28,31)/b26-10+. The molecule has 0 radical (unpaired) electrons. The maximum absolute atomic E-state index is 13.0. The van der Waals surface area contributed by atoms with Gasteiger partial charge in [-0.05, 0) is 69.6 Å². The van der Waals surface area contributed by atoms with Crippen molar-refractivity contribution in [3.05, 3.63) is 52.7 Å². The van der Waals surface area contributed by atoms with Crippen molar-refractivity contribution >= 4 is 41.1 Å². The molecule has 0 saturated carbocycles. The van der Waals surface area contributed by atoms with E-state index in [2.05, 4.69) is 39.5 Å². The second-order valence-corrected chi connectivity index (χ2v) is 8.53. The normalized spacial score (nSPS) is 15.2. The Labute approximate surface area is 192 Å². The van der Waals surface area contributed by atoms with E-state index in [1.165, 1.54) is 12.4 Å². The first-order valence-electron chi connectivity index (χ1n) is 10.6. The fraction of sp³-hybridized carbons (Fsp3) is 0.391. The lowest BCUT2D eigenvalue weighted by Gasteiger charge is -2.34. The van der Waals surface area contributed by atoms with Crippen molar-refractivity contribution in [2.45, 2.75) is 39.2 Å². The molecule has 0 atom stereocenters. The number of likely N-dealkylation sites (tertiary alicyclic amines) is 1. The van der Waals surface area contributed by atoms with Crippen LogP contribution < -0.4 is 10.6 Å². The Morgan fingerprint density at radius 1 is 1.25 bits per heavy atom. The molecule has 1 aromatic heterocycles. The van der Waals surface area contributed by atoms with Gasteiger partial charge >= 0.3 is 0 Å². The molecule has 3 N–H and O–H groups in total. The lowest BCUT2D eigenvalue weighted by Crippen LogP contribution is -2.41. The van der Waals surface area contributed by atoms with Crippen LogP contribution in [0, 0.1) is 5.92 Å². The van der Waals surface area contributed by atoms with Crippen molar-refractivity contribution in [3.63, 3.8) is 0 Å². The van der Waals surface area contributed by atoms with E-state index in [0.29, 0.717) is 34.6 Å². The summed E-state index contributed by atoms with van der Waals surface area (Å²) in [5, 5.41) is 17.8. The van der Waals surface area contributed by atoms with Gasteiger partial charge in [0.1, 0.15) is 5.82 Å². The molecule has 1 aliphatic heterocycles. The van der Waals surface area contributed by atoms with Gasteiger partial charge < -0.3 is 20.7 Å². The van der Waals surface area contributed by atoms with Crippen molar-refractivity contribution in [1.82, 2.24) is 9.88 Å². The van der Waals surface area contributed by atoms with Gasteiger partial charge in [-0.3, -0.25) is 9.59 Å². The zero-order chi connectivity index (χ0) is 23.1. The van der Waals surface area contributed by atoms with Crippen LogP contribution in [-0.2, 0) is 11.2 Å². The Kier molecular flexibility index (Phi) is 8.19. The summed E-state index contributed by atoms with van der Waals surface area (Å²) in [6, 6.07) is 8.85. The molecule has 1 aliphatic rings. The second-order valence-electron chi connectivity index (χ2n) is 8.09. The van der Waals surface area contributed by atoms with Gasteiger partial charge in [-0.2, -0.15) is 0 Å². The van der Waals surface area contributed by atoms with E-state index in [4.69, 9.17) is 16.8 Å². The van der Waals surface area contributed by atoms with E-state index in [0.717, 1.165) is 31.5 Å². The summed E-state index contributed by atoms with van der Waals surface area (Å²) < 4.78 is 0. The molecule has 0 bridgehead atoms. The Morgan fingerprint density at radius 3 is 2.62 bits per heavy atom. The van der Waals surface area contributed by atoms with Crippen molar-refractivity contribution in [2.75, 3.05) is 23.7 Å². The molecule has 0 spiro atoms. The van der Waals surface area contributed by atoms with Crippen molar-refractivity contribution < 1.29 is 14.8 Å². The summed E-state index contributed by atoms with van der Waals surface area (Å²) >= 11 is 5.86.